The molecule has 0 spiro atoms. The second-order valence-corrected chi connectivity index (χ2v) is 7.83. The number of hydrogen-bond donors (Lipinski definition) is 0. The fraction of sp³-hybridized carbons (Fsp3) is 0.800. The summed E-state index contributed by atoms with van der Waals surface area (Å²) < 4.78 is 53.0. The zero-order valence-electron chi connectivity index (χ0n) is 19.0. The summed E-state index contributed by atoms with van der Waals surface area (Å²) in [7, 11) is -2.57. The molecule has 0 aromatic carbocycles. The quantitative estimate of drug-likeness (QED) is 0.112. The molecule has 0 bridgehead atoms. The van der Waals surface area contributed by atoms with Gasteiger partial charge < -0.3 is 18.8 Å². The van der Waals surface area contributed by atoms with Gasteiger partial charge in [0.2, 0.25) is 16.7 Å². The molecule has 1 aromatic rings. The van der Waals surface area contributed by atoms with Crippen LogP contribution in [0.4, 0.5) is 0 Å². The van der Waals surface area contributed by atoms with Crippen molar-refractivity contribution in [3.8, 4) is 0 Å². The first kappa shape index (κ1) is 29.5. The summed E-state index contributed by atoms with van der Waals surface area (Å²) in [6.07, 6.45) is 11.7. The van der Waals surface area contributed by atoms with E-state index in [9.17, 15) is 17.8 Å². The zero-order valence-corrected chi connectivity index (χ0v) is 19.8. The molecule has 0 aliphatic heterocycles. The molecule has 0 fully saturated rings. The number of aromatic nitrogens is 2. The number of unbranched alkanes of at least 4 members (excludes halogenated alkanes) is 5. The second kappa shape index (κ2) is 19.2. The van der Waals surface area contributed by atoms with Crippen LogP contribution in [0.1, 0.15) is 52.4 Å². The first-order chi connectivity index (χ1) is 14.8. The third-order valence-electron chi connectivity index (χ3n) is 3.93. The molecule has 1 rings (SSSR count). The number of ether oxygens (including phenoxy) is 3. The van der Waals surface area contributed by atoms with Crippen molar-refractivity contribution in [2.45, 2.75) is 58.9 Å². The van der Waals surface area contributed by atoms with Gasteiger partial charge >= 0.3 is 5.97 Å². The molecule has 1 aromatic heterocycles. The smallest absolute Gasteiger partial charge is 0.348 e. The third kappa shape index (κ3) is 21.5. The Hall–Kier alpha value is -1.53. The Morgan fingerprint density at radius 3 is 2.23 bits per heavy atom. The largest absolute Gasteiger partial charge is 0.726 e. The van der Waals surface area contributed by atoms with Crippen LogP contribution < -0.4 is 4.57 Å². The van der Waals surface area contributed by atoms with Crippen molar-refractivity contribution in [3.63, 3.8) is 0 Å². The lowest BCUT2D eigenvalue weighted by atomic mass is 10.1. The average molecular weight is 467 g/mol. The zero-order chi connectivity index (χ0) is 23.4. The molecule has 0 unspecified atom stereocenters. The predicted octanol–water partition coefficient (Wildman–Crippen LogP) is 1.73. The Balaban J connectivity index is 0.000000615. The lowest BCUT2D eigenvalue weighted by Gasteiger charge is -2.06. The Morgan fingerprint density at radius 2 is 1.61 bits per heavy atom. The fourth-order valence-corrected chi connectivity index (χ4v) is 2.73. The summed E-state index contributed by atoms with van der Waals surface area (Å²) in [5.74, 6) is -0.264. The van der Waals surface area contributed by atoms with Gasteiger partial charge in [-0.15, -0.1) is 0 Å². The van der Waals surface area contributed by atoms with Crippen LogP contribution in [0, 0.1) is 0 Å². The van der Waals surface area contributed by atoms with Gasteiger partial charge in [-0.1, -0.05) is 39.0 Å². The van der Waals surface area contributed by atoms with E-state index in [2.05, 4.69) is 11.1 Å². The molecule has 0 saturated heterocycles. The van der Waals surface area contributed by atoms with Crippen LogP contribution in [0.2, 0.25) is 0 Å². The average Bonchev–Trinajstić information content (AvgIpc) is 3.11. The fourth-order valence-electron chi connectivity index (χ4n) is 2.41. The normalized spacial score (nSPS) is 11.1. The molecule has 0 N–H and O–H groups in total. The highest BCUT2D eigenvalue weighted by Crippen LogP contribution is 2.05. The van der Waals surface area contributed by atoms with Crippen LogP contribution in [0.5, 0.6) is 0 Å². The molecule has 0 aliphatic carbocycles. The first-order valence-corrected chi connectivity index (χ1v) is 12.0. The number of rotatable bonds is 17. The van der Waals surface area contributed by atoms with Gasteiger partial charge in [0.25, 0.3) is 0 Å². The van der Waals surface area contributed by atoms with Crippen LogP contribution >= 0.6 is 0 Å². The Bertz CT molecular complexity index is 664. The van der Waals surface area contributed by atoms with E-state index in [1.807, 2.05) is 37.3 Å². The second-order valence-electron chi connectivity index (χ2n) is 6.78. The van der Waals surface area contributed by atoms with Gasteiger partial charge in [0, 0.05) is 6.61 Å². The maximum absolute atomic E-state index is 11.4. The molecular weight excluding hydrogens is 428 g/mol. The molecule has 0 saturated carbocycles. The van der Waals surface area contributed by atoms with Crippen LogP contribution in [0.3, 0.4) is 0 Å². The third-order valence-corrected chi connectivity index (χ3v) is 4.38. The van der Waals surface area contributed by atoms with E-state index in [0.717, 1.165) is 12.8 Å². The Kier molecular flexibility index (Phi) is 18.2. The van der Waals surface area contributed by atoms with E-state index in [-0.39, 0.29) is 25.7 Å². The first-order valence-electron chi connectivity index (χ1n) is 10.7. The van der Waals surface area contributed by atoms with Crippen LogP contribution in [-0.2, 0) is 47.2 Å². The molecule has 0 aliphatic rings. The van der Waals surface area contributed by atoms with Crippen molar-refractivity contribution >= 4 is 16.4 Å². The maximum Gasteiger partial charge on any atom is 0.348 e. The van der Waals surface area contributed by atoms with Gasteiger partial charge in [-0.3, -0.25) is 4.18 Å². The Morgan fingerprint density at radius 1 is 0.968 bits per heavy atom. The van der Waals surface area contributed by atoms with Crippen molar-refractivity contribution < 1.29 is 40.7 Å². The van der Waals surface area contributed by atoms with E-state index >= 15 is 0 Å². The SMILES string of the molecule is CCCCCCCCOS(=O)(=O)[O-].CCOCCOCCOC(=O)Cn1cc[n+](C)c1. The molecule has 11 heteroatoms. The molecule has 10 nitrogen and oxygen atoms in total. The molecular formula is C20H38N2O8S. The van der Waals surface area contributed by atoms with Gasteiger partial charge in [-0.05, 0) is 13.3 Å². The summed E-state index contributed by atoms with van der Waals surface area (Å²) in [5, 5.41) is 0. The number of carbonyl (C=O) groups is 1. The summed E-state index contributed by atoms with van der Waals surface area (Å²) in [6.45, 7) is 6.78. The number of hydrogen-bond acceptors (Lipinski definition) is 8. The monoisotopic (exact) mass is 466 g/mol. The van der Waals surface area contributed by atoms with Crippen LogP contribution in [0.25, 0.3) is 0 Å². The molecule has 0 amide bonds. The molecule has 1 heterocycles. The maximum atomic E-state index is 11.4. The van der Waals surface area contributed by atoms with Crippen molar-refractivity contribution in [3.05, 3.63) is 18.7 Å². The summed E-state index contributed by atoms with van der Waals surface area (Å²) in [6, 6.07) is 0. The highest BCUT2D eigenvalue weighted by molar-refractivity contribution is 7.80. The minimum atomic E-state index is -4.47. The number of aryl methyl sites for hydroxylation is 1. The number of nitrogens with zero attached hydrogens (tertiary/aromatic N) is 2. The van der Waals surface area contributed by atoms with Gasteiger partial charge in [0.05, 0.1) is 33.5 Å². The number of esters is 1. The van der Waals surface area contributed by atoms with Crippen molar-refractivity contribution in [1.29, 1.82) is 0 Å². The van der Waals surface area contributed by atoms with E-state index < -0.39 is 10.4 Å². The molecule has 182 valence electrons. The minimum Gasteiger partial charge on any atom is -0.726 e. The lowest BCUT2D eigenvalue weighted by molar-refractivity contribution is -0.671. The molecule has 0 radical (unpaired) electrons. The van der Waals surface area contributed by atoms with E-state index in [0.29, 0.717) is 32.8 Å². The summed E-state index contributed by atoms with van der Waals surface area (Å²) >= 11 is 0. The van der Waals surface area contributed by atoms with Crippen LogP contribution in [0.15, 0.2) is 18.7 Å². The number of carbonyl (C=O) groups excluding carboxylic acids is 1. The summed E-state index contributed by atoms with van der Waals surface area (Å²) in [4.78, 5) is 11.4. The van der Waals surface area contributed by atoms with Crippen molar-refractivity contribution in [2.24, 2.45) is 7.05 Å². The van der Waals surface area contributed by atoms with Gasteiger partial charge in [0.15, 0.2) is 6.54 Å². The summed E-state index contributed by atoms with van der Waals surface area (Å²) in [5.41, 5.74) is 0. The Labute approximate surface area is 186 Å². The van der Waals surface area contributed by atoms with E-state index in [4.69, 9.17) is 14.2 Å². The topological polar surface area (TPSA) is 120 Å². The van der Waals surface area contributed by atoms with E-state index in [1.54, 1.807) is 4.57 Å². The van der Waals surface area contributed by atoms with Crippen molar-refractivity contribution in [1.82, 2.24) is 4.57 Å². The van der Waals surface area contributed by atoms with Crippen molar-refractivity contribution in [2.75, 3.05) is 39.6 Å². The molecule has 31 heavy (non-hydrogen) atoms. The van der Waals surface area contributed by atoms with Gasteiger partial charge in [-0.25, -0.2) is 22.3 Å². The lowest BCUT2D eigenvalue weighted by Crippen LogP contribution is -2.24. The highest BCUT2D eigenvalue weighted by atomic mass is 32.3. The standard InChI is InChI=1S/C12H21N2O4.C8H18O4S/c1-3-16-6-7-17-8-9-18-12(15)10-14-5-4-13(2)11-14;1-2-3-4-5-6-7-8-12-13(9,10)11/h4-5,11H,3,6-10H2,1-2H3;2-8H2,1H3,(H,9,10,11)/q+1;/p-1. The predicted molar refractivity (Wildman–Crippen MR) is 113 cm³/mol. The molecule has 0 atom stereocenters. The highest BCUT2D eigenvalue weighted by Gasteiger charge is 2.08. The number of imidazole rings is 1. The minimum absolute atomic E-state index is 0.0258. The van der Waals surface area contributed by atoms with Gasteiger partial charge in [-0.2, -0.15) is 0 Å². The van der Waals surface area contributed by atoms with Gasteiger partial charge in [0.1, 0.15) is 19.0 Å². The van der Waals surface area contributed by atoms with E-state index in [1.165, 1.54) is 19.3 Å². The van der Waals surface area contributed by atoms with Crippen LogP contribution in [-0.4, -0.2) is 63.1 Å².